The van der Waals surface area contributed by atoms with E-state index >= 15 is 0 Å². The first-order valence-electron chi connectivity index (χ1n) is 7.00. The number of Topliss-reactive ketones (excluding diaryl/α,β-unsaturated/α-hetero) is 1. The minimum atomic E-state index is -0.231. The normalized spacial score (nSPS) is 35.0. The lowest BCUT2D eigenvalue weighted by molar-refractivity contribution is -0.118. The average Bonchev–Trinajstić information content (AvgIpc) is 3.08. The topological polar surface area (TPSA) is 66.8 Å². The monoisotopic (exact) mass is 272 g/mol. The van der Waals surface area contributed by atoms with Crippen molar-refractivity contribution >= 4 is 11.4 Å². The van der Waals surface area contributed by atoms with Crippen molar-refractivity contribution in [3.8, 4) is 5.75 Å². The molecule has 2 aliphatic heterocycles. The quantitative estimate of drug-likeness (QED) is 0.823. The lowest BCUT2D eigenvalue weighted by atomic mass is 9.80. The van der Waals surface area contributed by atoms with Gasteiger partial charge in [0.2, 0.25) is 0 Å². The van der Waals surface area contributed by atoms with Crippen molar-refractivity contribution in [2.24, 2.45) is 11.8 Å². The third-order valence-electron chi connectivity index (χ3n) is 4.88. The minimum Gasteiger partial charge on any atom is -0.511 e. The highest BCUT2D eigenvalue weighted by Crippen LogP contribution is 2.53. The number of ketones is 1. The summed E-state index contributed by atoms with van der Waals surface area (Å²) in [5.41, 5.74) is 1.90. The Morgan fingerprint density at radius 1 is 1.15 bits per heavy atom. The van der Waals surface area contributed by atoms with Crippen LogP contribution in [0.4, 0.5) is 0 Å². The summed E-state index contributed by atoms with van der Waals surface area (Å²) in [6.07, 6.45) is 1.74. The van der Waals surface area contributed by atoms with Gasteiger partial charge in [-0.15, -0.1) is 0 Å². The van der Waals surface area contributed by atoms with Crippen LogP contribution in [-0.2, 0) is 9.53 Å². The Balaban J connectivity index is 1.86. The highest BCUT2D eigenvalue weighted by molar-refractivity contribution is 6.25. The van der Waals surface area contributed by atoms with E-state index in [4.69, 9.17) is 4.74 Å². The summed E-state index contributed by atoms with van der Waals surface area (Å²) in [7, 11) is 0. The number of fused-ring (bicyclic) bond motifs is 5. The number of carbonyl (C=O) groups is 1. The molecule has 0 saturated carbocycles. The molecule has 1 aromatic carbocycles. The molecule has 4 nitrogen and oxygen atoms in total. The zero-order chi connectivity index (χ0) is 14.0. The fourth-order valence-electron chi connectivity index (χ4n) is 3.97. The molecule has 0 spiro atoms. The number of hydrogen-bond acceptors (Lipinski definition) is 4. The van der Waals surface area contributed by atoms with Crippen molar-refractivity contribution in [2.75, 3.05) is 0 Å². The minimum absolute atomic E-state index is 0.0240. The molecule has 1 aromatic rings. The number of ether oxygens (including phenoxy) is 1. The Hall–Kier alpha value is -1.81. The zero-order valence-corrected chi connectivity index (χ0v) is 11.2. The van der Waals surface area contributed by atoms with Crippen LogP contribution in [0.2, 0.25) is 0 Å². The Morgan fingerprint density at radius 2 is 1.85 bits per heavy atom. The number of aryl methyl sites for hydroxylation is 1. The molecule has 104 valence electrons. The van der Waals surface area contributed by atoms with Gasteiger partial charge in [-0.05, 0) is 43.0 Å². The van der Waals surface area contributed by atoms with E-state index < -0.39 is 0 Å². The summed E-state index contributed by atoms with van der Waals surface area (Å²) in [6.45, 7) is 1.88. The molecular formula is C16H16O4. The Bertz CT molecular complexity index is 646. The first-order valence-corrected chi connectivity index (χ1v) is 7.00. The summed E-state index contributed by atoms with van der Waals surface area (Å²) >= 11 is 0. The average molecular weight is 272 g/mol. The van der Waals surface area contributed by atoms with Gasteiger partial charge in [0.25, 0.3) is 0 Å². The van der Waals surface area contributed by atoms with Crippen molar-refractivity contribution < 1.29 is 19.7 Å². The second-order valence-electron chi connectivity index (χ2n) is 5.97. The van der Waals surface area contributed by atoms with Crippen molar-refractivity contribution in [2.45, 2.75) is 32.0 Å². The van der Waals surface area contributed by atoms with E-state index in [-0.39, 0.29) is 41.3 Å². The van der Waals surface area contributed by atoms with Gasteiger partial charge in [0, 0.05) is 0 Å². The third kappa shape index (κ3) is 1.37. The maximum Gasteiger partial charge on any atom is 0.173 e. The standard InChI is InChI=1S/C16H16O4/c1-7-2-3-8(17)6-9(7)12-15(18)13-10-4-5-11(20-10)14(13)16(12)19/h2-3,6,10-11,13-14,17-18H,4-5H2,1H3. The van der Waals surface area contributed by atoms with Crippen LogP contribution in [0.3, 0.4) is 0 Å². The molecule has 3 aliphatic rings. The zero-order valence-electron chi connectivity index (χ0n) is 11.2. The molecule has 2 fully saturated rings. The van der Waals surface area contributed by atoms with Crippen LogP contribution in [0, 0.1) is 18.8 Å². The fourth-order valence-corrected chi connectivity index (χ4v) is 3.97. The second kappa shape index (κ2) is 3.85. The Kier molecular flexibility index (Phi) is 2.31. The van der Waals surface area contributed by atoms with Gasteiger partial charge in [-0.2, -0.15) is 0 Å². The van der Waals surface area contributed by atoms with Crippen LogP contribution in [0.25, 0.3) is 5.57 Å². The van der Waals surface area contributed by atoms with Gasteiger partial charge in [-0.3, -0.25) is 4.79 Å². The number of phenols is 1. The molecule has 4 heteroatoms. The van der Waals surface area contributed by atoms with Crippen LogP contribution >= 0.6 is 0 Å². The molecule has 2 N–H and O–H groups in total. The number of benzene rings is 1. The van der Waals surface area contributed by atoms with Gasteiger partial charge in [-0.1, -0.05) is 6.07 Å². The molecular weight excluding hydrogens is 256 g/mol. The lowest BCUT2D eigenvalue weighted by Crippen LogP contribution is -2.29. The van der Waals surface area contributed by atoms with Gasteiger partial charge in [0.05, 0.1) is 29.6 Å². The number of hydrogen-bond donors (Lipinski definition) is 2. The molecule has 0 radical (unpaired) electrons. The number of carbonyl (C=O) groups excluding carboxylic acids is 1. The molecule has 2 heterocycles. The number of phenolic OH excluding ortho intramolecular Hbond substituents is 1. The van der Waals surface area contributed by atoms with E-state index in [1.165, 1.54) is 0 Å². The predicted molar refractivity (Wildman–Crippen MR) is 72.3 cm³/mol. The maximum absolute atomic E-state index is 12.7. The molecule has 20 heavy (non-hydrogen) atoms. The molecule has 0 aromatic heterocycles. The number of aliphatic hydroxyl groups is 1. The third-order valence-corrected chi connectivity index (χ3v) is 4.88. The smallest absolute Gasteiger partial charge is 0.173 e. The van der Waals surface area contributed by atoms with E-state index in [1.807, 2.05) is 6.92 Å². The van der Waals surface area contributed by atoms with Crippen molar-refractivity contribution in [3.63, 3.8) is 0 Å². The lowest BCUT2D eigenvalue weighted by Gasteiger charge is -2.19. The second-order valence-corrected chi connectivity index (χ2v) is 5.97. The van der Waals surface area contributed by atoms with E-state index in [0.29, 0.717) is 11.1 Å². The van der Waals surface area contributed by atoms with E-state index in [2.05, 4.69) is 0 Å². The van der Waals surface area contributed by atoms with Gasteiger partial charge in [0.15, 0.2) is 5.78 Å². The van der Waals surface area contributed by atoms with Crippen LogP contribution in [0.1, 0.15) is 24.0 Å². The number of rotatable bonds is 1. The van der Waals surface area contributed by atoms with E-state index in [1.54, 1.807) is 18.2 Å². The molecule has 0 amide bonds. The van der Waals surface area contributed by atoms with Crippen LogP contribution in [0.15, 0.2) is 24.0 Å². The van der Waals surface area contributed by atoms with Crippen molar-refractivity contribution in [1.29, 1.82) is 0 Å². The number of allylic oxidation sites excluding steroid dienone is 1. The Labute approximate surface area is 116 Å². The summed E-state index contributed by atoms with van der Waals surface area (Å²) < 4.78 is 5.75. The fraction of sp³-hybridized carbons (Fsp3) is 0.438. The Morgan fingerprint density at radius 3 is 2.55 bits per heavy atom. The summed E-state index contributed by atoms with van der Waals surface area (Å²) in [5.74, 6) is -0.187. The van der Waals surface area contributed by atoms with Gasteiger partial charge in [-0.25, -0.2) is 0 Å². The molecule has 4 unspecified atom stereocenters. The SMILES string of the molecule is Cc1ccc(O)cc1C1=C(O)C2C3CCC(O3)C2C1=O. The van der Waals surface area contributed by atoms with Crippen molar-refractivity contribution in [3.05, 3.63) is 35.1 Å². The van der Waals surface area contributed by atoms with Crippen LogP contribution < -0.4 is 0 Å². The first-order chi connectivity index (χ1) is 9.58. The van der Waals surface area contributed by atoms with Crippen LogP contribution in [-0.4, -0.2) is 28.2 Å². The van der Waals surface area contributed by atoms with Crippen molar-refractivity contribution in [1.82, 2.24) is 0 Å². The highest BCUT2D eigenvalue weighted by Gasteiger charge is 2.59. The van der Waals surface area contributed by atoms with Gasteiger partial charge in [0.1, 0.15) is 11.5 Å². The molecule has 4 atom stereocenters. The molecule has 4 rings (SSSR count). The summed E-state index contributed by atoms with van der Waals surface area (Å²) in [6, 6.07) is 4.91. The van der Waals surface area contributed by atoms with E-state index in [9.17, 15) is 15.0 Å². The highest BCUT2D eigenvalue weighted by atomic mass is 16.5. The number of aromatic hydroxyl groups is 1. The predicted octanol–water partition coefficient (Wildman–Crippen LogP) is 2.35. The largest absolute Gasteiger partial charge is 0.511 e. The molecule has 2 bridgehead atoms. The molecule has 2 saturated heterocycles. The molecule has 1 aliphatic carbocycles. The maximum atomic E-state index is 12.7. The van der Waals surface area contributed by atoms with E-state index in [0.717, 1.165) is 18.4 Å². The van der Waals surface area contributed by atoms with Gasteiger partial charge < -0.3 is 14.9 Å². The summed E-state index contributed by atoms with van der Waals surface area (Å²) in [5, 5.41) is 20.2. The van der Waals surface area contributed by atoms with Gasteiger partial charge >= 0.3 is 0 Å². The number of aliphatic hydroxyl groups excluding tert-OH is 1. The summed E-state index contributed by atoms with van der Waals surface area (Å²) in [4.78, 5) is 12.7. The van der Waals surface area contributed by atoms with Crippen LogP contribution in [0.5, 0.6) is 5.75 Å². The first kappa shape index (κ1) is 12.0.